The Morgan fingerprint density at radius 2 is 2.06 bits per heavy atom. The molecule has 0 spiro atoms. The third-order valence-electron chi connectivity index (χ3n) is 6.32. The third kappa shape index (κ3) is 3.91. The van der Waals surface area contributed by atoms with Crippen molar-refractivity contribution in [2.75, 3.05) is 19.0 Å². The van der Waals surface area contributed by atoms with Gasteiger partial charge in [-0.05, 0) is 67.8 Å². The molecule has 7 nitrogen and oxygen atoms in total. The Balaban J connectivity index is 1.60. The lowest BCUT2D eigenvalue weighted by atomic mass is 9.85. The average Bonchev–Trinajstić information content (AvgIpc) is 3.38. The summed E-state index contributed by atoms with van der Waals surface area (Å²) in [6, 6.07) is 11.0. The van der Waals surface area contributed by atoms with Crippen molar-refractivity contribution < 1.29 is 9.84 Å². The normalized spacial score (nSPS) is 20.4. The van der Waals surface area contributed by atoms with Gasteiger partial charge >= 0.3 is 0 Å². The zero-order chi connectivity index (χ0) is 21.4. The summed E-state index contributed by atoms with van der Waals surface area (Å²) in [6.45, 7) is 2.63. The van der Waals surface area contributed by atoms with Gasteiger partial charge in [0.25, 0.3) is 0 Å². The van der Waals surface area contributed by atoms with Crippen LogP contribution in [0.15, 0.2) is 42.7 Å². The summed E-state index contributed by atoms with van der Waals surface area (Å²) in [5.74, 6) is 0.970. The van der Waals surface area contributed by atoms with Crippen LogP contribution in [0.2, 0.25) is 0 Å². The minimum Gasteiger partial charge on any atom is -0.393 e. The number of H-pyrrole nitrogens is 1. The SMILES string of the molecule is COC[C@H](C)Nc1ncc2c(-c3ccc4[nH]ccc4c3)cc(C3CCC(O)CC3)n2n1. The molecule has 0 aliphatic heterocycles. The second-order valence-electron chi connectivity index (χ2n) is 8.65. The molecular formula is C24H29N5O2. The summed E-state index contributed by atoms with van der Waals surface area (Å²) in [7, 11) is 1.69. The van der Waals surface area contributed by atoms with Gasteiger partial charge < -0.3 is 20.1 Å². The molecule has 1 aliphatic carbocycles. The first-order valence-electron chi connectivity index (χ1n) is 11.0. The van der Waals surface area contributed by atoms with E-state index >= 15 is 0 Å². The number of nitrogens with zero attached hydrogens (tertiary/aromatic N) is 3. The second kappa shape index (κ2) is 8.32. The van der Waals surface area contributed by atoms with Gasteiger partial charge in [-0.2, -0.15) is 0 Å². The molecular weight excluding hydrogens is 390 g/mol. The lowest BCUT2D eigenvalue weighted by molar-refractivity contribution is 0.121. The number of benzene rings is 1. The number of aromatic nitrogens is 4. The van der Waals surface area contributed by atoms with Gasteiger partial charge in [0.2, 0.25) is 5.95 Å². The maximum absolute atomic E-state index is 9.99. The fourth-order valence-corrected chi connectivity index (χ4v) is 4.71. The highest BCUT2D eigenvalue weighted by Gasteiger charge is 2.25. The standard InChI is InChI=1S/C24H29N5O2/c1-15(14-31-2)27-24-26-13-23-20(17-5-8-21-18(11-17)9-10-25-21)12-22(29(23)28-24)16-3-6-19(30)7-4-16/h5,8-13,15-16,19,25,30H,3-4,6-7,14H2,1-2H3,(H,27,28)/t15-,16?,19?/m0/s1. The molecule has 31 heavy (non-hydrogen) atoms. The molecule has 162 valence electrons. The number of methoxy groups -OCH3 is 1. The monoisotopic (exact) mass is 419 g/mol. The van der Waals surface area contributed by atoms with Gasteiger partial charge in [-0.1, -0.05) is 6.07 Å². The van der Waals surface area contributed by atoms with Crippen molar-refractivity contribution in [2.24, 2.45) is 0 Å². The van der Waals surface area contributed by atoms with E-state index < -0.39 is 0 Å². The molecule has 3 aromatic heterocycles. The Bertz CT molecular complexity index is 1190. The number of aliphatic hydroxyl groups excluding tert-OH is 1. The highest BCUT2D eigenvalue weighted by Crippen LogP contribution is 2.38. The number of rotatable bonds is 6. The van der Waals surface area contributed by atoms with Crippen LogP contribution in [0.4, 0.5) is 5.95 Å². The van der Waals surface area contributed by atoms with Crippen molar-refractivity contribution >= 4 is 22.4 Å². The maximum Gasteiger partial charge on any atom is 0.241 e. The molecule has 4 aromatic rings. The summed E-state index contributed by atoms with van der Waals surface area (Å²) in [6.07, 6.45) is 7.31. The largest absolute Gasteiger partial charge is 0.393 e. The van der Waals surface area contributed by atoms with Crippen LogP contribution in [-0.4, -0.2) is 50.6 Å². The molecule has 7 heteroatoms. The Morgan fingerprint density at radius 3 is 2.87 bits per heavy atom. The van der Waals surface area contributed by atoms with Gasteiger partial charge in [0.15, 0.2) is 0 Å². The summed E-state index contributed by atoms with van der Waals surface area (Å²) in [5.41, 5.74) is 5.62. The number of anilines is 1. The molecule has 1 atom stereocenters. The Kier molecular flexibility index (Phi) is 5.38. The number of aliphatic hydroxyl groups is 1. The molecule has 5 rings (SSSR count). The molecule has 1 aliphatic rings. The predicted molar refractivity (Wildman–Crippen MR) is 122 cm³/mol. The first-order chi connectivity index (χ1) is 15.1. The average molecular weight is 420 g/mol. The highest BCUT2D eigenvalue weighted by atomic mass is 16.5. The first-order valence-corrected chi connectivity index (χ1v) is 11.0. The van der Waals surface area contributed by atoms with Crippen LogP contribution >= 0.6 is 0 Å². The minimum atomic E-state index is -0.181. The molecule has 0 saturated heterocycles. The van der Waals surface area contributed by atoms with E-state index in [2.05, 4.69) is 45.6 Å². The lowest BCUT2D eigenvalue weighted by Crippen LogP contribution is -2.23. The van der Waals surface area contributed by atoms with Crippen LogP contribution in [0.3, 0.4) is 0 Å². The Hall–Kier alpha value is -2.90. The van der Waals surface area contributed by atoms with E-state index in [-0.39, 0.29) is 12.1 Å². The van der Waals surface area contributed by atoms with Crippen LogP contribution in [0, 0.1) is 0 Å². The first kappa shape index (κ1) is 20.0. The molecule has 0 amide bonds. The number of ether oxygens (including phenoxy) is 1. The Labute approximate surface area is 181 Å². The number of aromatic amines is 1. The van der Waals surface area contributed by atoms with Crippen molar-refractivity contribution in [1.29, 1.82) is 0 Å². The Morgan fingerprint density at radius 1 is 1.23 bits per heavy atom. The topological polar surface area (TPSA) is 87.5 Å². The van der Waals surface area contributed by atoms with E-state index in [4.69, 9.17) is 9.84 Å². The molecule has 3 heterocycles. The number of fused-ring (bicyclic) bond motifs is 2. The van der Waals surface area contributed by atoms with Crippen molar-refractivity contribution in [3.05, 3.63) is 48.4 Å². The van der Waals surface area contributed by atoms with E-state index in [1.807, 2.05) is 23.8 Å². The van der Waals surface area contributed by atoms with Crippen LogP contribution in [0.25, 0.3) is 27.5 Å². The molecule has 1 saturated carbocycles. The summed E-state index contributed by atoms with van der Waals surface area (Å²) < 4.78 is 7.28. The van der Waals surface area contributed by atoms with Crippen molar-refractivity contribution in [3.63, 3.8) is 0 Å². The van der Waals surface area contributed by atoms with Crippen molar-refractivity contribution in [2.45, 2.75) is 50.7 Å². The van der Waals surface area contributed by atoms with Crippen LogP contribution in [0.5, 0.6) is 0 Å². The zero-order valence-electron chi connectivity index (χ0n) is 18.0. The van der Waals surface area contributed by atoms with Gasteiger partial charge in [0.05, 0.1) is 24.4 Å². The van der Waals surface area contributed by atoms with Gasteiger partial charge in [-0.3, -0.25) is 0 Å². The molecule has 1 aromatic carbocycles. The lowest BCUT2D eigenvalue weighted by Gasteiger charge is -2.25. The van der Waals surface area contributed by atoms with E-state index in [9.17, 15) is 5.11 Å². The molecule has 0 bridgehead atoms. The molecule has 1 fully saturated rings. The maximum atomic E-state index is 9.99. The fraction of sp³-hybridized carbons (Fsp3) is 0.417. The van der Waals surface area contributed by atoms with Gasteiger partial charge in [-0.25, -0.2) is 9.50 Å². The summed E-state index contributed by atoms with van der Waals surface area (Å²) in [5, 5.41) is 19.4. The van der Waals surface area contributed by atoms with Gasteiger partial charge in [0.1, 0.15) is 0 Å². The number of hydrogen-bond acceptors (Lipinski definition) is 5. The van der Waals surface area contributed by atoms with Crippen LogP contribution in [0.1, 0.15) is 44.2 Å². The van der Waals surface area contributed by atoms with Crippen molar-refractivity contribution in [3.8, 4) is 11.1 Å². The third-order valence-corrected chi connectivity index (χ3v) is 6.32. The van der Waals surface area contributed by atoms with E-state index in [0.29, 0.717) is 18.5 Å². The van der Waals surface area contributed by atoms with E-state index in [1.54, 1.807) is 7.11 Å². The van der Waals surface area contributed by atoms with Crippen molar-refractivity contribution in [1.82, 2.24) is 19.6 Å². The second-order valence-corrected chi connectivity index (χ2v) is 8.65. The molecule has 0 unspecified atom stereocenters. The van der Waals surface area contributed by atoms with Crippen LogP contribution < -0.4 is 5.32 Å². The summed E-state index contributed by atoms with van der Waals surface area (Å²) in [4.78, 5) is 7.85. The molecule has 3 N–H and O–H groups in total. The summed E-state index contributed by atoms with van der Waals surface area (Å²) >= 11 is 0. The quantitative estimate of drug-likeness (QED) is 0.433. The fourth-order valence-electron chi connectivity index (χ4n) is 4.71. The highest BCUT2D eigenvalue weighted by molar-refractivity contribution is 5.89. The van der Waals surface area contributed by atoms with Gasteiger partial charge in [0, 0.05) is 42.0 Å². The van der Waals surface area contributed by atoms with E-state index in [1.165, 1.54) is 11.1 Å². The van der Waals surface area contributed by atoms with Gasteiger partial charge in [-0.15, -0.1) is 5.10 Å². The zero-order valence-corrected chi connectivity index (χ0v) is 18.0. The minimum absolute atomic E-state index is 0.113. The van der Waals surface area contributed by atoms with Crippen LogP contribution in [-0.2, 0) is 4.74 Å². The number of nitrogens with one attached hydrogen (secondary N) is 2. The predicted octanol–water partition coefficient (Wildman–Crippen LogP) is 4.34. The smallest absolute Gasteiger partial charge is 0.241 e. The molecule has 0 radical (unpaired) electrons. The van der Waals surface area contributed by atoms with E-state index in [0.717, 1.165) is 47.8 Å². The number of hydrogen-bond donors (Lipinski definition) is 3.